The molecule has 186 valence electrons. The van der Waals surface area contributed by atoms with Gasteiger partial charge < -0.3 is 19.7 Å². The zero-order valence-electron chi connectivity index (χ0n) is 19.6. The number of ether oxygens (including phenoxy) is 2. The van der Waals surface area contributed by atoms with Gasteiger partial charge in [0.15, 0.2) is 11.5 Å². The average molecular weight is 496 g/mol. The van der Waals surface area contributed by atoms with Crippen molar-refractivity contribution in [3.8, 4) is 22.6 Å². The molecule has 3 aromatic rings. The zero-order valence-corrected chi connectivity index (χ0v) is 19.6. The van der Waals surface area contributed by atoms with Crippen LogP contribution in [0.2, 0.25) is 0 Å². The number of benzene rings is 3. The lowest BCUT2D eigenvalue weighted by Gasteiger charge is -2.19. The van der Waals surface area contributed by atoms with Gasteiger partial charge in [-0.2, -0.15) is 13.2 Å². The van der Waals surface area contributed by atoms with E-state index in [1.54, 1.807) is 32.3 Å². The first-order valence-corrected chi connectivity index (χ1v) is 11.3. The molecule has 1 aliphatic heterocycles. The summed E-state index contributed by atoms with van der Waals surface area (Å²) in [5.74, 6) is 0.536. The molecule has 1 aliphatic carbocycles. The van der Waals surface area contributed by atoms with Crippen LogP contribution >= 0.6 is 0 Å². The smallest absolute Gasteiger partial charge is 0.417 e. The van der Waals surface area contributed by atoms with E-state index >= 15 is 0 Å². The van der Waals surface area contributed by atoms with Gasteiger partial charge in [-0.3, -0.25) is 9.59 Å². The van der Waals surface area contributed by atoms with Gasteiger partial charge in [0.25, 0.3) is 5.91 Å². The molecule has 0 bridgehead atoms. The third-order valence-electron chi connectivity index (χ3n) is 6.54. The highest BCUT2D eigenvalue weighted by Gasteiger charge is 2.51. The number of carbonyl (C=O) groups excluding carboxylic acids is 2. The standard InChI is InChI=1S/C27H23F3N2O4/c1-32(2)24(33)17-5-3-16(4-6-17)20-9-8-19(14-21(20)27(28,29)30)31-25(34)26(11-12-26)18-7-10-22-23(13-18)36-15-35-22/h3-10,13-14H,11-12,15H2,1-2H3,(H,31,34). The number of nitrogens with one attached hydrogen (secondary N) is 1. The van der Waals surface area contributed by atoms with Crippen LogP contribution in [0.4, 0.5) is 18.9 Å². The van der Waals surface area contributed by atoms with Crippen molar-refractivity contribution >= 4 is 17.5 Å². The first-order chi connectivity index (χ1) is 17.1. The number of anilines is 1. The Balaban J connectivity index is 1.41. The molecule has 36 heavy (non-hydrogen) atoms. The Morgan fingerprint density at radius 2 is 1.61 bits per heavy atom. The third-order valence-corrected chi connectivity index (χ3v) is 6.54. The lowest BCUT2D eigenvalue weighted by Crippen LogP contribution is -2.28. The Hall–Kier alpha value is -4.01. The zero-order chi connectivity index (χ0) is 25.7. The number of rotatable bonds is 5. The molecule has 0 aromatic heterocycles. The monoisotopic (exact) mass is 496 g/mol. The molecule has 1 N–H and O–H groups in total. The average Bonchev–Trinajstić information content (AvgIpc) is 3.54. The van der Waals surface area contributed by atoms with Gasteiger partial charge in [0.05, 0.1) is 11.0 Å². The maximum atomic E-state index is 14.0. The van der Waals surface area contributed by atoms with E-state index in [1.165, 1.54) is 41.3 Å². The molecule has 9 heteroatoms. The highest BCUT2D eigenvalue weighted by Crippen LogP contribution is 2.51. The number of fused-ring (bicyclic) bond motifs is 1. The van der Waals surface area contributed by atoms with E-state index in [-0.39, 0.29) is 29.9 Å². The highest BCUT2D eigenvalue weighted by molar-refractivity contribution is 6.02. The normalized spacial score (nSPS) is 15.4. The highest BCUT2D eigenvalue weighted by atomic mass is 19.4. The molecule has 6 nitrogen and oxygen atoms in total. The summed E-state index contributed by atoms with van der Waals surface area (Å²) in [4.78, 5) is 26.7. The number of nitrogens with zero attached hydrogens (tertiary/aromatic N) is 1. The van der Waals surface area contributed by atoms with E-state index in [4.69, 9.17) is 9.47 Å². The van der Waals surface area contributed by atoms with E-state index in [9.17, 15) is 22.8 Å². The molecule has 2 amide bonds. The quantitative estimate of drug-likeness (QED) is 0.509. The predicted molar refractivity (Wildman–Crippen MR) is 127 cm³/mol. The summed E-state index contributed by atoms with van der Waals surface area (Å²) in [6.07, 6.45) is -3.48. The van der Waals surface area contributed by atoms with Crippen molar-refractivity contribution in [2.45, 2.75) is 24.4 Å². The van der Waals surface area contributed by atoms with Crippen molar-refractivity contribution in [2.24, 2.45) is 0 Å². The fourth-order valence-electron chi connectivity index (χ4n) is 4.38. The summed E-state index contributed by atoms with van der Waals surface area (Å²) in [7, 11) is 3.20. The van der Waals surface area contributed by atoms with Crippen LogP contribution in [0.25, 0.3) is 11.1 Å². The van der Waals surface area contributed by atoms with Gasteiger partial charge >= 0.3 is 6.18 Å². The summed E-state index contributed by atoms with van der Waals surface area (Å²) < 4.78 is 52.7. The van der Waals surface area contributed by atoms with Crippen molar-refractivity contribution in [1.29, 1.82) is 0 Å². The first kappa shape index (κ1) is 23.7. The molecular formula is C27H23F3N2O4. The Bertz CT molecular complexity index is 1350. The molecule has 3 aromatic carbocycles. The summed E-state index contributed by atoms with van der Waals surface area (Å²) in [5.41, 5.74) is -0.241. The number of hydrogen-bond acceptors (Lipinski definition) is 4. The maximum absolute atomic E-state index is 14.0. The van der Waals surface area contributed by atoms with Crippen LogP contribution in [-0.2, 0) is 16.4 Å². The second kappa shape index (κ2) is 8.58. The van der Waals surface area contributed by atoms with E-state index in [1.807, 2.05) is 0 Å². The third kappa shape index (κ3) is 4.25. The van der Waals surface area contributed by atoms with E-state index in [0.717, 1.165) is 11.6 Å². The van der Waals surface area contributed by atoms with Crippen molar-refractivity contribution < 1.29 is 32.2 Å². The van der Waals surface area contributed by atoms with Gasteiger partial charge in [-0.15, -0.1) is 0 Å². The SMILES string of the molecule is CN(C)C(=O)c1ccc(-c2ccc(NC(=O)C3(c4ccc5c(c4)OCO5)CC3)cc2C(F)(F)F)cc1. The minimum atomic E-state index is -4.65. The van der Waals surface area contributed by atoms with Crippen LogP contribution in [0.3, 0.4) is 0 Å². The summed E-state index contributed by atoms with van der Waals surface area (Å²) >= 11 is 0. The Morgan fingerprint density at radius 1 is 0.917 bits per heavy atom. The molecule has 2 aliphatic rings. The van der Waals surface area contributed by atoms with Gasteiger partial charge in [-0.25, -0.2) is 0 Å². The summed E-state index contributed by atoms with van der Waals surface area (Å²) in [5, 5.41) is 2.68. The topological polar surface area (TPSA) is 67.9 Å². The Kier molecular flexibility index (Phi) is 5.65. The largest absolute Gasteiger partial charge is 0.454 e. The molecule has 1 heterocycles. The predicted octanol–water partition coefficient (Wildman–Crippen LogP) is 5.47. The molecular weight excluding hydrogens is 473 g/mol. The van der Waals surface area contributed by atoms with Crippen molar-refractivity contribution in [2.75, 3.05) is 26.2 Å². The number of amides is 2. The van der Waals surface area contributed by atoms with Crippen molar-refractivity contribution in [1.82, 2.24) is 4.90 Å². The van der Waals surface area contributed by atoms with Crippen LogP contribution in [0.15, 0.2) is 60.7 Å². The van der Waals surface area contributed by atoms with E-state index < -0.39 is 17.2 Å². The number of halogens is 3. The molecule has 0 spiro atoms. The lowest BCUT2D eigenvalue weighted by molar-refractivity contribution is -0.137. The summed E-state index contributed by atoms with van der Waals surface area (Å²) in [6, 6.07) is 15.0. The molecule has 0 radical (unpaired) electrons. The second-order valence-corrected chi connectivity index (χ2v) is 9.14. The summed E-state index contributed by atoms with van der Waals surface area (Å²) in [6.45, 7) is 0.110. The van der Waals surface area contributed by atoms with E-state index in [0.29, 0.717) is 35.5 Å². The first-order valence-electron chi connectivity index (χ1n) is 11.3. The molecule has 1 fully saturated rings. The minimum absolute atomic E-state index is 0.0405. The number of carbonyl (C=O) groups is 2. The van der Waals surface area contributed by atoms with Crippen LogP contribution in [0.5, 0.6) is 11.5 Å². The van der Waals surface area contributed by atoms with Gasteiger partial charge in [0.1, 0.15) is 0 Å². The molecule has 0 atom stereocenters. The maximum Gasteiger partial charge on any atom is 0.417 e. The second-order valence-electron chi connectivity index (χ2n) is 9.14. The van der Waals surface area contributed by atoms with Crippen LogP contribution in [-0.4, -0.2) is 37.6 Å². The Labute approximate surface area is 205 Å². The van der Waals surface area contributed by atoms with Crippen LogP contribution in [0.1, 0.15) is 34.3 Å². The van der Waals surface area contributed by atoms with Crippen molar-refractivity contribution in [3.63, 3.8) is 0 Å². The Morgan fingerprint density at radius 3 is 2.25 bits per heavy atom. The number of hydrogen-bond donors (Lipinski definition) is 1. The van der Waals surface area contributed by atoms with Gasteiger partial charge in [-0.05, 0) is 65.9 Å². The fraction of sp³-hybridized carbons (Fsp3) is 0.259. The van der Waals surface area contributed by atoms with Gasteiger partial charge in [0.2, 0.25) is 12.7 Å². The van der Waals surface area contributed by atoms with Gasteiger partial charge in [-0.1, -0.05) is 24.3 Å². The fourth-order valence-corrected chi connectivity index (χ4v) is 4.38. The van der Waals surface area contributed by atoms with Gasteiger partial charge in [0, 0.05) is 25.3 Å². The van der Waals surface area contributed by atoms with Crippen molar-refractivity contribution in [3.05, 3.63) is 77.4 Å². The number of alkyl halides is 3. The van der Waals surface area contributed by atoms with Crippen LogP contribution in [0, 0.1) is 0 Å². The van der Waals surface area contributed by atoms with Crippen LogP contribution < -0.4 is 14.8 Å². The molecule has 0 saturated heterocycles. The van der Waals surface area contributed by atoms with E-state index in [2.05, 4.69) is 5.32 Å². The molecule has 5 rings (SSSR count). The molecule has 0 unspecified atom stereocenters. The lowest BCUT2D eigenvalue weighted by atomic mass is 9.94. The molecule has 1 saturated carbocycles. The minimum Gasteiger partial charge on any atom is -0.454 e.